The van der Waals surface area contributed by atoms with E-state index in [9.17, 15) is 0 Å². The third-order valence-electron chi connectivity index (χ3n) is 1.13. The van der Waals surface area contributed by atoms with Crippen molar-refractivity contribution in [3.8, 4) is 0 Å². The van der Waals surface area contributed by atoms with Crippen LogP contribution in [0.1, 0.15) is 68.2 Å². The molecular weight excluding hydrogens is 194 g/mol. The molecule has 0 aromatic heterocycles. The third kappa shape index (κ3) is 70.3. The van der Waals surface area contributed by atoms with E-state index in [0.717, 1.165) is 13.0 Å². The summed E-state index contributed by atoms with van der Waals surface area (Å²) >= 11 is 0. The van der Waals surface area contributed by atoms with Crippen LogP contribution in [-0.4, -0.2) is 6.54 Å². The van der Waals surface area contributed by atoms with Gasteiger partial charge in [0.1, 0.15) is 0 Å². The average molecular weight is 229 g/mol. The minimum Gasteiger partial charge on any atom is -0.331 e. The standard InChI is InChI=1S/C8H14.C3H8.C2H7N.C2H6/c1-4-6-7-8(3)5-2;1-3-2;1-2-3;1-2/h4,6-7H,5H2,1-3H3;3H2,1-2H3;2-3H2,1H3;1-2H3/b6-4-,8-7+;;;. The number of hydrogen-bond acceptors (Lipinski definition) is 1. The molecule has 0 spiro atoms. The minimum absolute atomic E-state index is 0.750. The van der Waals surface area contributed by atoms with E-state index in [4.69, 9.17) is 5.73 Å². The van der Waals surface area contributed by atoms with Crippen molar-refractivity contribution in [1.29, 1.82) is 0 Å². The van der Waals surface area contributed by atoms with Gasteiger partial charge in [-0.3, -0.25) is 0 Å². The van der Waals surface area contributed by atoms with Crippen LogP contribution in [0, 0.1) is 0 Å². The van der Waals surface area contributed by atoms with Gasteiger partial charge in [-0.15, -0.1) is 0 Å². The van der Waals surface area contributed by atoms with Gasteiger partial charge in [-0.2, -0.15) is 0 Å². The summed E-state index contributed by atoms with van der Waals surface area (Å²) in [6, 6.07) is 0. The molecular formula is C15H35N. The normalized spacial score (nSPS) is 9.19. The molecule has 0 rings (SSSR count). The monoisotopic (exact) mass is 229 g/mol. The van der Waals surface area contributed by atoms with Crippen LogP contribution in [0.5, 0.6) is 0 Å². The van der Waals surface area contributed by atoms with Gasteiger partial charge in [-0.25, -0.2) is 0 Å². The first-order valence-corrected chi connectivity index (χ1v) is 6.62. The molecule has 0 heterocycles. The molecule has 0 amide bonds. The Morgan fingerprint density at radius 2 is 1.38 bits per heavy atom. The van der Waals surface area contributed by atoms with Crippen LogP contribution in [0.25, 0.3) is 0 Å². The van der Waals surface area contributed by atoms with Crippen LogP contribution >= 0.6 is 0 Å². The average Bonchev–Trinajstić information content (AvgIpc) is 2.30. The van der Waals surface area contributed by atoms with Crippen molar-refractivity contribution in [3.63, 3.8) is 0 Å². The van der Waals surface area contributed by atoms with E-state index < -0.39 is 0 Å². The summed E-state index contributed by atoms with van der Waals surface area (Å²) in [5, 5.41) is 0. The molecule has 0 unspecified atom stereocenters. The van der Waals surface area contributed by atoms with Gasteiger partial charge in [0.15, 0.2) is 0 Å². The Balaban J connectivity index is -0.0000000752. The van der Waals surface area contributed by atoms with E-state index >= 15 is 0 Å². The Hall–Kier alpha value is -0.560. The molecule has 1 heteroatoms. The van der Waals surface area contributed by atoms with E-state index in [0.29, 0.717) is 0 Å². The molecule has 0 radical (unpaired) electrons. The molecule has 0 atom stereocenters. The molecule has 1 nitrogen and oxygen atoms in total. The molecule has 0 aliphatic rings. The lowest BCUT2D eigenvalue weighted by atomic mass is 10.2. The summed E-state index contributed by atoms with van der Waals surface area (Å²) in [5.74, 6) is 0. The van der Waals surface area contributed by atoms with E-state index in [1.165, 1.54) is 12.0 Å². The van der Waals surface area contributed by atoms with E-state index in [1.807, 2.05) is 33.8 Å². The Morgan fingerprint density at radius 1 is 1.06 bits per heavy atom. The summed E-state index contributed by atoms with van der Waals surface area (Å²) < 4.78 is 0. The summed E-state index contributed by atoms with van der Waals surface area (Å²) in [6.07, 6.45) is 8.66. The van der Waals surface area contributed by atoms with Gasteiger partial charge in [0.25, 0.3) is 0 Å². The topological polar surface area (TPSA) is 26.0 Å². The predicted octanol–water partition coefficient (Wildman–Crippen LogP) is 5.33. The third-order valence-corrected chi connectivity index (χ3v) is 1.13. The zero-order valence-corrected chi connectivity index (χ0v) is 12.9. The molecule has 16 heavy (non-hydrogen) atoms. The molecule has 0 aliphatic carbocycles. The zero-order valence-electron chi connectivity index (χ0n) is 12.9. The largest absolute Gasteiger partial charge is 0.331 e. The maximum atomic E-state index is 4.85. The Kier molecular flexibility index (Phi) is 56.3. The lowest BCUT2D eigenvalue weighted by Crippen LogP contribution is -1.87. The van der Waals surface area contributed by atoms with E-state index in [-0.39, 0.29) is 0 Å². The highest BCUT2D eigenvalue weighted by Gasteiger charge is 1.75. The highest BCUT2D eigenvalue weighted by Crippen LogP contribution is 1.96. The Morgan fingerprint density at radius 3 is 1.56 bits per heavy atom. The van der Waals surface area contributed by atoms with Gasteiger partial charge in [0.2, 0.25) is 0 Å². The molecule has 0 fully saturated rings. The highest BCUT2D eigenvalue weighted by molar-refractivity contribution is 5.08. The zero-order chi connectivity index (χ0) is 13.8. The van der Waals surface area contributed by atoms with Gasteiger partial charge < -0.3 is 5.73 Å². The minimum atomic E-state index is 0.750. The summed E-state index contributed by atoms with van der Waals surface area (Å²) in [4.78, 5) is 0. The van der Waals surface area contributed by atoms with Crippen molar-refractivity contribution in [3.05, 3.63) is 23.8 Å². The number of hydrogen-bond donors (Lipinski definition) is 1. The summed E-state index contributed by atoms with van der Waals surface area (Å²) in [7, 11) is 0. The quantitative estimate of drug-likeness (QED) is 0.637. The van der Waals surface area contributed by atoms with Crippen molar-refractivity contribution in [1.82, 2.24) is 0 Å². The van der Waals surface area contributed by atoms with Crippen molar-refractivity contribution >= 4 is 0 Å². The van der Waals surface area contributed by atoms with Gasteiger partial charge >= 0.3 is 0 Å². The van der Waals surface area contributed by atoms with Crippen LogP contribution in [0.4, 0.5) is 0 Å². The van der Waals surface area contributed by atoms with Gasteiger partial charge in [0, 0.05) is 0 Å². The van der Waals surface area contributed by atoms with E-state index in [2.05, 4.69) is 39.8 Å². The second kappa shape index (κ2) is 36.6. The number of nitrogens with two attached hydrogens (primary N) is 1. The molecule has 0 aromatic carbocycles. The van der Waals surface area contributed by atoms with Crippen molar-refractivity contribution < 1.29 is 0 Å². The van der Waals surface area contributed by atoms with Crippen LogP contribution in [0.2, 0.25) is 0 Å². The van der Waals surface area contributed by atoms with Crippen LogP contribution in [0.3, 0.4) is 0 Å². The number of allylic oxidation sites excluding steroid dienone is 4. The molecule has 2 N–H and O–H groups in total. The number of rotatable bonds is 2. The maximum absolute atomic E-state index is 4.85. The predicted molar refractivity (Wildman–Crippen MR) is 80.9 cm³/mol. The molecule has 0 aliphatic heterocycles. The maximum Gasteiger partial charge on any atom is -0.0106 e. The first-order chi connectivity index (χ1) is 7.64. The molecule has 0 saturated carbocycles. The van der Waals surface area contributed by atoms with Crippen LogP contribution in [-0.2, 0) is 0 Å². The fourth-order valence-corrected chi connectivity index (χ4v) is 0.378. The smallest absolute Gasteiger partial charge is 0.0106 e. The highest BCUT2D eigenvalue weighted by atomic mass is 14.5. The van der Waals surface area contributed by atoms with Gasteiger partial charge in [-0.05, 0) is 26.8 Å². The second-order valence-corrected chi connectivity index (χ2v) is 3.01. The first kappa shape index (κ1) is 24.6. The molecule has 0 bridgehead atoms. The summed E-state index contributed by atoms with van der Waals surface area (Å²) in [5.41, 5.74) is 6.28. The molecule has 0 aromatic rings. The van der Waals surface area contributed by atoms with Crippen molar-refractivity contribution in [2.75, 3.05) is 6.54 Å². The SMILES string of the molecule is C/C=C\C=C(/C)CC.CC.CCC.CCN. The Labute approximate surface area is 105 Å². The van der Waals surface area contributed by atoms with Crippen molar-refractivity contribution in [2.45, 2.75) is 68.2 Å². The first-order valence-electron chi connectivity index (χ1n) is 6.62. The van der Waals surface area contributed by atoms with Gasteiger partial charge in [-0.1, -0.05) is 71.8 Å². The molecule has 100 valence electrons. The van der Waals surface area contributed by atoms with E-state index in [1.54, 1.807) is 0 Å². The van der Waals surface area contributed by atoms with Gasteiger partial charge in [0.05, 0.1) is 0 Å². The summed E-state index contributed by atoms with van der Waals surface area (Å²) in [6.45, 7) is 17.2. The van der Waals surface area contributed by atoms with Crippen molar-refractivity contribution in [2.24, 2.45) is 5.73 Å². The fraction of sp³-hybridized carbons (Fsp3) is 0.733. The van der Waals surface area contributed by atoms with Crippen LogP contribution in [0.15, 0.2) is 23.8 Å². The Bertz CT molecular complexity index is 121. The molecule has 0 saturated heterocycles. The second-order valence-electron chi connectivity index (χ2n) is 3.01. The lowest BCUT2D eigenvalue weighted by Gasteiger charge is -1.87. The fourth-order valence-electron chi connectivity index (χ4n) is 0.378. The lowest BCUT2D eigenvalue weighted by molar-refractivity contribution is 1.09. The van der Waals surface area contributed by atoms with Crippen LogP contribution < -0.4 is 5.73 Å².